The van der Waals surface area contributed by atoms with Crippen molar-refractivity contribution in [1.82, 2.24) is 4.31 Å². The van der Waals surface area contributed by atoms with Crippen LogP contribution in [-0.4, -0.2) is 32.4 Å². The Kier molecular flexibility index (Phi) is 3.40. The Hall–Kier alpha value is -1.07. The smallest absolute Gasteiger partial charge is 0.243 e. The Morgan fingerprint density at radius 3 is 2.65 bits per heavy atom. The van der Waals surface area contributed by atoms with Crippen molar-refractivity contribution < 1.29 is 13.2 Å². The third-order valence-electron chi connectivity index (χ3n) is 3.00. The molecule has 0 radical (unpaired) electrons. The minimum absolute atomic E-state index is 0.366. The first-order valence-electron chi connectivity index (χ1n) is 5.85. The number of ether oxygens (including phenoxy) is 1. The Balaban J connectivity index is 2.40. The Morgan fingerprint density at radius 1 is 1.29 bits per heavy atom. The number of hydrogen-bond donors (Lipinski definition) is 0. The van der Waals surface area contributed by atoms with Crippen LogP contribution in [0.2, 0.25) is 0 Å². The molecule has 0 aromatic heterocycles. The minimum Gasteiger partial charge on any atom is -0.493 e. The van der Waals surface area contributed by atoms with Crippen molar-refractivity contribution in [2.45, 2.75) is 25.2 Å². The van der Waals surface area contributed by atoms with Gasteiger partial charge in [-0.1, -0.05) is 13.8 Å². The van der Waals surface area contributed by atoms with Gasteiger partial charge in [0.25, 0.3) is 0 Å². The SMILES string of the molecule is CCN(CC)S(=O)(=O)c1ccc2c(c1)CCO2. The van der Waals surface area contributed by atoms with Crippen LogP contribution in [-0.2, 0) is 16.4 Å². The van der Waals surface area contributed by atoms with Gasteiger partial charge < -0.3 is 4.74 Å². The molecule has 0 amide bonds. The van der Waals surface area contributed by atoms with Crippen LogP contribution < -0.4 is 4.74 Å². The lowest BCUT2D eigenvalue weighted by atomic mass is 10.2. The molecular weight excluding hydrogens is 238 g/mol. The molecule has 2 rings (SSSR count). The van der Waals surface area contributed by atoms with E-state index >= 15 is 0 Å². The fraction of sp³-hybridized carbons (Fsp3) is 0.500. The zero-order valence-electron chi connectivity index (χ0n) is 10.1. The zero-order chi connectivity index (χ0) is 12.5. The fourth-order valence-electron chi connectivity index (χ4n) is 2.04. The first kappa shape index (κ1) is 12.4. The van der Waals surface area contributed by atoms with Gasteiger partial charge in [-0.15, -0.1) is 0 Å². The molecule has 0 N–H and O–H groups in total. The maximum Gasteiger partial charge on any atom is 0.243 e. The predicted octanol–water partition coefficient (Wildman–Crippen LogP) is 1.65. The molecule has 0 bridgehead atoms. The van der Waals surface area contributed by atoms with E-state index in [1.54, 1.807) is 18.2 Å². The summed E-state index contributed by atoms with van der Waals surface area (Å²) < 4.78 is 31.4. The third-order valence-corrected chi connectivity index (χ3v) is 5.05. The molecule has 0 saturated carbocycles. The van der Waals surface area contributed by atoms with Crippen LogP contribution in [0.4, 0.5) is 0 Å². The average Bonchev–Trinajstić information content (AvgIpc) is 2.77. The molecule has 5 heteroatoms. The maximum atomic E-state index is 12.3. The van der Waals surface area contributed by atoms with Crippen LogP contribution in [0.25, 0.3) is 0 Å². The van der Waals surface area contributed by atoms with Crippen LogP contribution in [0.15, 0.2) is 23.1 Å². The second kappa shape index (κ2) is 4.66. The van der Waals surface area contributed by atoms with Crippen LogP contribution >= 0.6 is 0 Å². The summed E-state index contributed by atoms with van der Waals surface area (Å²) in [6.45, 7) is 5.32. The van der Waals surface area contributed by atoms with Crippen LogP contribution in [0.3, 0.4) is 0 Å². The van der Waals surface area contributed by atoms with Crippen molar-refractivity contribution in [3.8, 4) is 5.75 Å². The third kappa shape index (κ3) is 2.17. The molecule has 1 heterocycles. The summed E-state index contributed by atoms with van der Waals surface area (Å²) in [7, 11) is -3.34. The van der Waals surface area contributed by atoms with Gasteiger partial charge in [0.05, 0.1) is 11.5 Å². The van der Waals surface area contributed by atoms with E-state index in [4.69, 9.17) is 4.74 Å². The molecular formula is C12H17NO3S. The lowest BCUT2D eigenvalue weighted by molar-refractivity contribution is 0.356. The molecule has 94 valence electrons. The second-order valence-electron chi connectivity index (χ2n) is 3.96. The Morgan fingerprint density at radius 2 is 2.00 bits per heavy atom. The maximum absolute atomic E-state index is 12.3. The number of nitrogens with zero attached hydrogens (tertiary/aromatic N) is 1. The second-order valence-corrected chi connectivity index (χ2v) is 5.90. The first-order chi connectivity index (χ1) is 8.09. The highest BCUT2D eigenvalue weighted by molar-refractivity contribution is 7.89. The van der Waals surface area contributed by atoms with E-state index in [0.29, 0.717) is 24.6 Å². The zero-order valence-corrected chi connectivity index (χ0v) is 11.0. The van der Waals surface area contributed by atoms with E-state index in [1.165, 1.54) is 4.31 Å². The molecule has 0 saturated heterocycles. The van der Waals surface area contributed by atoms with Gasteiger partial charge in [0.1, 0.15) is 5.75 Å². The van der Waals surface area contributed by atoms with Crippen molar-refractivity contribution >= 4 is 10.0 Å². The van der Waals surface area contributed by atoms with Crippen molar-refractivity contribution in [3.63, 3.8) is 0 Å². The van der Waals surface area contributed by atoms with Crippen molar-refractivity contribution in [3.05, 3.63) is 23.8 Å². The van der Waals surface area contributed by atoms with E-state index < -0.39 is 10.0 Å². The highest BCUT2D eigenvalue weighted by Crippen LogP contribution is 2.28. The van der Waals surface area contributed by atoms with Gasteiger partial charge in [0, 0.05) is 19.5 Å². The van der Waals surface area contributed by atoms with Gasteiger partial charge in [0.15, 0.2) is 0 Å². The lowest BCUT2D eigenvalue weighted by Crippen LogP contribution is -2.30. The number of sulfonamides is 1. The van der Waals surface area contributed by atoms with Crippen LogP contribution in [0.5, 0.6) is 5.75 Å². The van der Waals surface area contributed by atoms with E-state index in [-0.39, 0.29) is 0 Å². The molecule has 1 aliphatic heterocycles. The molecule has 1 aromatic rings. The summed E-state index contributed by atoms with van der Waals surface area (Å²) in [5.41, 5.74) is 0.984. The molecule has 0 fully saturated rings. The van der Waals surface area contributed by atoms with Gasteiger partial charge >= 0.3 is 0 Å². The Bertz CT molecular complexity index is 506. The van der Waals surface area contributed by atoms with Crippen molar-refractivity contribution in [2.75, 3.05) is 19.7 Å². The monoisotopic (exact) mass is 255 g/mol. The highest BCUT2D eigenvalue weighted by Gasteiger charge is 2.23. The van der Waals surface area contributed by atoms with Crippen LogP contribution in [0.1, 0.15) is 19.4 Å². The topological polar surface area (TPSA) is 46.6 Å². The Labute approximate surface area is 102 Å². The molecule has 4 nitrogen and oxygen atoms in total. The van der Waals surface area contributed by atoms with Gasteiger partial charge in [-0.3, -0.25) is 0 Å². The standard InChI is InChI=1S/C12H17NO3S/c1-3-13(4-2)17(14,15)11-5-6-12-10(9-11)7-8-16-12/h5-6,9H,3-4,7-8H2,1-2H3. The predicted molar refractivity (Wildman–Crippen MR) is 65.7 cm³/mol. The fourth-order valence-corrected chi connectivity index (χ4v) is 3.55. The lowest BCUT2D eigenvalue weighted by Gasteiger charge is -2.18. The van der Waals surface area contributed by atoms with E-state index in [0.717, 1.165) is 17.7 Å². The summed E-state index contributed by atoms with van der Waals surface area (Å²) in [5.74, 6) is 0.809. The normalized spacial score (nSPS) is 14.8. The van der Waals surface area contributed by atoms with E-state index in [2.05, 4.69) is 0 Å². The molecule has 1 aromatic carbocycles. The minimum atomic E-state index is -3.34. The number of rotatable bonds is 4. The van der Waals surface area contributed by atoms with Crippen LogP contribution in [0, 0.1) is 0 Å². The highest BCUT2D eigenvalue weighted by atomic mass is 32.2. The average molecular weight is 255 g/mol. The largest absolute Gasteiger partial charge is 0.493 e. The summed E-state index contributed by atoms with van der Waals surface area (Å²) >= 11 is 0. The van der Waals surface area contributed by atoms with Gasteiger partial charge in [-0.2, -0.15) is 4.31 Å². The van der Waals surface area contributed by atoms with Gasteiger partial charge in [-0.25, -0.2) is 8.42 Å². The van der Waals surface area contributed by atoms with Gasteiger partial charge in [-0.05, 0) is 23.8 Å². The summed E-state index contributed by atoms with van der Waals surface area (Å²) in [6.07, 6.45) is 0.789. The molecule has 0 unspecified atom stereocenters. The summed E-state index contributed by atoms with van der Waals surface area (Å²) in [4.78, 5) is 0.366. The molecule has 0 spiro atoms. The summed E-state index contributed by atoms with van der Waals surface area (Å²) in [6, 6.07) is 5.10. The summed E-state index contributed by atoms with van der Waals surface area (Å²) in [5, 5.41) is 0. The number of fused-ring (bicyclic) bond motifs is 1. The van der Waals surface area contributed by atoms with Crippen molar-refractivity contribution in [2.24, 2.45) is 0 Å². The molecule has 0 aliphatic carbocycles. The molecule has 1 aliphatic rings. The number of hydrogen-bond acceptors (Lipinski definition) is 3. The number of benzene rings is 1. The van der Waals surface area contributed by atoms with Gasteiger partial charge in [0.2, 0.25) is 10.0 Å². The quantitative estimate of drug-likeness (QED) is 0.822. The molecule has 0 atom stereocenters. The first-order valence-corrected chi connectivity index (χ1v) is 7.29. The van der Waals surface area contributed by atoms with E-state index in [9.17, 15) is 8.42 Å². The van der Waals surface area contributed by atoms with E-state index in [1.807, 2.05) is 13.8 Å². The molecule has 17 heavy (non-hydrogen) atoms. The van der Waals surface area contributed by atoms with Crippen molar-refractivity contribution in [1.29, 1.82) is 0 Å².